The van der Waals surface area contributed by atoms with Gasteiger partial charge in [-0.3, -0.25) is 4.79 Å². The lowest BCUT2D eigenvalue weighted by Gasteiger charge is -2.32. The number of carbonyl (C=O) groups is 1. The molecule has 2 rings (SSSR count). The van der Waals surface area contributed by atoms with Crippen molar-refractivity contribution in [1.29, 1.82) is 0 Å². The van der Waals surface area contributed by atoms with Gasteiger partial charge in [-0.05, 0) is 43.5 Å². The topological polar surface area (TPSA) is 55.6 Å². The summed E-state index contributed by atoms with van der Waals surface area (Å²) in [5.41, 5.74) is 7.44. The summed E-state index contributed by atoms with van der Waals surface area (Å²) in [7, 11) is 1.71. The molecule has 0 bridgehead atoms. The van der Waals surface area contributed by atoms with E-state index in [1.54, 1.807) is 7.11 Å². The van der Waals surface area contributed by atoms with Gasteiger partial charge in [-0.25, -0.2) is 0 Å². The molecule has 0 radical (unpaired) electrons. The van der Waals surface area contributed by atoms with Gasteiger partial charge in [0, 0.05) is 25.8 Å². The van der Waals surface area contributed by atoms with Crippen molar-refractivity contribution < 1.29 is 9.53 Å². The molecule has 1 saturated heterocycles. The number of rotatable bonds is 4. The molecule has 0 spiro atoms. The number of hydrogen-bond acceptors (Lipinski definition) is 3. The molecule has 1 amide bonds. The van der Waals surface area contributed by atoms with Crippen LogP contribution in [0.3, 0.4) is 0 Å². The Kier molecular flexibility index (Phi) is 4.93. The Morgan fingerprint density at radius 1 is 1.42 bits per heavy atom. The standard InChI is InChI=1S/C15H22N2O2/c1-19-14-3-2-10-17(11-14)15(18)13-6-4-12(5-7-13)8-9-16/h4-7,14H,2-3,8-11,16H2,1H3. The second-order valence-electron chi connectivity index (χ2n) is 4.99. The van der Waals surface area contributed by atoms with Gasteiger partial charge in [0.15, 0.2) is 0 Å². The number of hydrogen-bond donors (Lipinski definition) is 1. The van der Waals surface area contributed by atoms with Crippen LogP contribution in [-0.2, 0) is 11.2 Å². The molecule has 0 saturated carbocycles. The normalized spacial score (nSPS) is 19.5. The highest BCUT2D eigenvalue weighted by molar-refractivity contribution is 5.94. The number of nitrogens with two attached hydrogens (primary N) is 1. The minimum absolute atomic E-state index is 0.0982. The van der Waals surface area contributed by atoms with Crippen LogP contribution >= 0.6 is 0 Å². The third-order valence-corrected chi connectivity index (χ3v) is 3.63. The van der Waals surface area contributed by atoms with E-state index >= 15 is 0 Å². The van der Waals surface area contributed by atoms with Crippen LogP contribution in [0.2, 0.25) is 0 Å². The first-order valence-electron chi connectivity index (χ1n) is 6.85. The fourth-order valence-corrected chi connectivity index (χ4v) is 2.48. The summed E-state index contributed by atoms with van der Waals surface area (Å²) in [4.78, 5) is 14.3. The summed E-state index contributed by atoms with van der Waals surface area (Å²) >= 11 is 0. The molecule has 1 aliphatic rings. The van der Waals surface area contributed by atoms with Gasteiger partial charge in [-0.2, -0.15) is 0 Å². The van der Waals surface area contributed by atoms with Crippen LogP contribution in [0.1, 0.15) is 28.8 Å². The average Bonchev–Trinajstić information content (AvgIpc) is 2.48. The van der Waals surface area contributed by atoms with Gasteiger partial charge in [0.2, 0.25) is 0 Å². The first kappa shape index (κ1) is 14.0. The predicted octanol–water partition coefficient (Wildman–Crippen LogP) is 1.44. The van der Waals surface area contributed by atoms with Gasteiger partial charge in [-0.1, -0.05) is 12.1 Å². The number of methoxy groups -OCH3 is 1. The smallest absolute Gasteiger partial charge is 0.253 e. The van der Waals surface area contributed by atoms with Gasteiger partial charge in [-0.15, -0.1) is 0 Å². The maximum Gasteiger partial charge on any atom is 0.253 e. The third kappa shape index (κ3) is 3.55. The van der Waals surface area contributed by atoms with Gasteiger partial charge < -0.3 is 15.4 Å². The largest absolute Gasteiger partial charge is 0.380 e. The van der Waals surface area contributed by atoms with E-state index in [9.17, 15) is 4.79 Å². The van der Waals surface area contributed by atoms with Crippen molar-refractivity contribution in [1.82, 2.24) is 4.90 Å². The van der Waals surface area contributed by atoms with Crippen molar-refractivity contribution >= 4 is 5.91 Å². The zero-order chi connectivity index (χ0) is 13.7. The van der Waals surface area contributed by atoms with E-state index in [1.165, 1.54) is 5.56 Å². The molecule has 1 fully saturated rings. The molecule has 1 aromatic rings. The Hall–Kier alpha value is -1.39. The van der Waals surface area contributed by atoms with E-state index in [2.05, 4.69) is 0 Å². The maximum absolute atomic E-state index is 12.4. The lowest BCUT2D eigenvalue weighted by Crippen LogP contribution is -2.42. The maximum atomic E-state index is 12.4. The highest BCUT2D eigenvalue weighted by Crippen LogP contribution is 2.16. The number of piperidine rings is 1. The lowest BCUT2D eigenvalue weighted by atomic mass is 10.0. The minimum Gasteiger partial charge on any atom is -0.380 e. The second kappa shape index (κ2) is 6.68. The number of ether oxygens (including phenoxy) is 1. The quantitative estimate of drug-likeness (QED) is 0.893. The molecule has 1 aromatic carbocycles. The fraction of sp³-hybridized carbons (Fsp3) is 0.533. The van der Waals surface area contributed by atoms with Crippen molar-refractivity contribution in [3.05, 3.63) is 35.4 Å². The number of nitrogens with zero attached hydrogens (tertiary/aromatic N) is 1. The van der Waals surface area contributed by atoms with E-state index in [0.29, 0.717) is 13.1 Å². The summed E-state index contributed by atoms with van der Waals surface area (Å²) in [6.45, 7) is 2.15. The monoisotopic (exact) mass is 262 g/mol. The van der Waals surface area contributed by atoms with E-state index in [1.807, 2.05) is 29.2 Å². The van der Waals surface area contributed by atoms with Crippen molar-refractivity contribution in [3.63, 3.8) is 0 Å². The van der Waals surface area contributed by atoms with Gasteiger partial charge in [0.1, 0.15) is 0 Å². The van der Waals surface area contributed by atoms with Crippen LogP contribution in [0.5, 0.6) is 0 Å². The molecule has 0 aromatic heterocycles. The van der Waals surface area contributed by atoms with Crippen LogP contribution in [0.4, 0.5) is 0 Å². The molecule has 0 aliphatic carbocycles. The van der Waals surface area contributed by atoms with Gasteiger partial charge in [0.05, 0.1) is 6.10 Å². The highest BCUT2D eigenvalue weighted by atomic mass is 16.5. The highest BCUT2D eigenvalue weighted by Gasteiger charge is 2.24. The lowest BCUT2D eigenvalue weighted by molar-refractivity contribution is 0.0269. The SMILES string of the molecule is COC1CCCN(C(=O)c2ccc(CCN)cc2)C1. The second-order valence-corrected chi connectivity index (χ2v) is 4.99. The Morgan fingerprint density at radius 3 is 2.79 bits per heavy atom. The Morgan fingerprint density at radius 2 is 2.16 bits per heavy atom. The molecule has 2 N–H and O–H groups in total. The Bertz CT molecular complexity index is 417. The fourth-order valence-electron chi connectivity index (χ4n) is 2.48. The summed E-state index contributed by atoms with van der Waals surface area (Å²) in [5.74, 6) is 0.0982. The zero-order valence-corrected chi connectivity index (χ0v) is 11.5. The minimum atomic E-state index is 0.0982. The molecule has 104 valence electrons. The molecule has 19 heavy (non-hydrogen) atoms. The van der Waals surface area contributed by atoms with Crippen LogP contribution < -0.4 is 5.73 Å². The average molecular weight is 262 g/mol. The molecule has 1 unspecified atom stereocenters. The Labute approximate surface area is 114 Å². The molecule has 1 atom stereocenters. The van der Waals surface area contributed by atoms with Crippen molar-refractivity contribution in [2.45, 2.75) is 25.4 Å². The van der Waals surface area contributed by atoms with Crippen molar-refractivity contribution in [3.8, 4) is 0 Å². The van der Waals surface area contributed by atoms with Crippen LogP contribution in [0.25, 0.3) is 0 Å². The summed E-state index contributed by atoms with van der Waals surface area (Å²) in [6.07, 6.45) is 3.07. The number of likely N-dealkylation sites (tertiary alicyclic amines) is 1. The van der Waals surface area contributed by atoms with E-state index < -0.39 is 0 Å². The summed E-state index contributed by atoms with van der Waals surface area (Å²) < 4.78 is 5.35. The third-order valence-electron chi connectivity index (χ3n) is 3.63. The molecular weight excluding hydrogens is 240 g/mol. The van der Waals surface area contributed by atoms with E-state index in [0.717, 1.165) is 31.4 Å². The summed E-state index contributed by atoms with van der Waals surface area (Å²) in [5, 5.41) is 0. The van der Waals surface area contributed by atoms with Crippen LogP contribution in [0, 0.1) is 0 Å². The number of benzene rings is 1. The predicted molar refractivity (Wildman–Crippen MR) is 75.1 cm³/mol. The van der Waals surface area contributed by atoms with Gasteiger partial charge >= 0.3 is 0 Å². The van der Waals surface area contributed by atoms with Gasteiger partial charge in [0.25, 0.3) is 5.91 Å². The first-order chi connectivity index (χ1) is 9.24. The molecule has 4 heteroatoms. The summed E-state index contributed by atoms with van der Waals surface area (Å²) in [6, 6.07) is 7.75. The zero-order valence-electron chi connectivity index (χ0n) is 11.5. The van der Waals surface area contributed by atoms with Crippen molar-refractivity contribution in [2.75, 3.05) is 26.7 Å². The molecule has 1 heterocycles. The van der Waals surface area contributed by atoms with E-state index in [-0.39, 0.29) is 12.0 Å². The molecule has 1 aliphatic heterocycles. The Balaban J connectivity index is 2.02. The molecule has 4 nitrogen and oxygen atoms in total. The first-order valence-corrected chi connectivity index (χ1v) is 6.85. The van der Waals surface area contributed by atoms with Crippen LogP contribution in [-0.4, -0.2) is 43.7 Å². The van der Waals surface area contributed by atoms with Crippen LogP contribution in [0.15, 0.2) is 24.3 Å². The molecular formula is C15H22N2O2. The van der Waals surface area contributed by atoms with Crippen molar-refractivity contribution in [2.24, 2.45) is 5.73 Å². The number of amides is 1. The number of carbonyl (C=O) groups excluding carboxylic acids is 1. The van der Waals surface area contributed by atoms with E-state index in [4.69, 9.17) is 10.5 Å².